The van der Waals surface area contributed by atoms with Crippen LogP contribution in [0.5, 0.6) is 0 Å². The molecule has 1 heterocycles. The van der Waals surface area contributed by atoms with Gasteiger partial charge >= 0.3 is 5.97 Å². The van der Waals surface area contributed by atoms with Gasteiger partial charge in [0.1, 0.15) is 0 Å². The lowest BCUT2D eigenvalue weighted by Gasteiger charge is -2.00. The average molecular weight is 255 g/mol. The molecule has 2 aromatic rings. The summed E-state index contributed by atoms with van der Waals surface area (Å²) < 4.78 is 0.727. The fraction of sp³-hybridized carbons (Fsp3) is 0. The highest BCUT2D eigenvalue weighted by Crippen LogP contribution is 2.29. The molecular formula is C9H7BrN2O2. The summed E-state index contributed by atoms with van der Waals surface area (Å²) in [5.41, 5.74) is 6.93. The number of fused-ring (bicyclic) bond motifs is 1. The summed E-state index contributed by atoms with van der Waals surface area (Å²) in [5.74, 6) is -0.984. The van der Waals surface area contributed by atoms with E-state index in [1.165, 1.54) is 6.07 Å². The summed E-state index contributed by atoms with van der Waals surface area (Å²) in [6, 6.07) is 3.15. The highest BCUT2D eigenvalue weighted by atomic mass is 79.9. The summed E-state index contributed by atoms with van der Waals surface area (Å²) in [6.07, 6.45) is 1.69. The Balaban J connectivity index is 2.90. The maximum Gasteiger partial charge on any atom is 0.336 e. The fourth-order valence-corrected chi connectivity index (χ4v) is 1.96. The Labute approximate surface area is 87.9 Å². The van der Waals surface area contributed by atoms with E-state index in [4.69, 9.17) is 10.8 Å². The van der Waals surface area contributed by atoms with Gasteiger partial charge in [-0.25, -0.2) is 4.79 Å². The number of nitrogen functional groups attached to an aromatic ring is 1. The monoisotopic (exact) mass is 254 g/mol. The molecule has 4 nitrogen and oxygen atoms in total. The standard InChI is InChI=1S/C9H7BrN2O2/c10-6-3-12-7-2-4(11)1-5(8(6)7)9(13)14/h1-3,12H,11H2,(H,13,14). The van der Waals surface area contributed by atoms with E-state index in [1.807, 2.05) is 0 Å². The van der Waals surface area contributed by atoms with Gasteiger partial charge < -0.3 is 15.8 Å². The predicted molar refractivity (Wildman–Crippen MR) is 57.4 cm³/mol. The molecule has 0 fully saturated rings. The lowest BCUT2D eigenvalue weighted by atomic mass is 10.1. The first-order chi connectivity index (χ1) is 6.59. The lowest BCUT2D eigenvalue weighted by Crippen LogP contribution is -1.98. The van der Waals surface area contributed by atoms with Crippen molar-refractivity contribution in [1.29, 1.82) is 0 Å². The molecule has 0 aliphatic heterocycles. The number of hydrogen-bond donors (Lipinski definition) is 3. The quantitative estimate of drug-likeness (QED) is 0.683. The Hall–Kier alpha value is -1.49. The zero-order chi connectivity index (χ0) is 10.3. The summed E-state index contributed by atoms with van der Waals surface area (Å²) in [7, 11) is 0. The molecule has 0 radical (unpaired) electrons. The molecule has 0 aliphatic carbocycles. The Morgan fingerprint density at radius 1 is 1.50 bits per heavy atom. The Kier molecular flexibility index (Phi) is 1.96. The molecule has 0 aliphatic rings. The van der Waals surface area contributed by atoms with Crippen molar-refractivity contribution in [3.8, 4) is 0 Å². The van der Waals surface area contributed by atoms with Crippen LogP contribution in [0.1, 0.15) is 10.4 Å². The molecule has 2 rings (SSSR count). The smallest absolute Gasteiger partial charge is 0.336 e. The predicted octanol–water partition coefficient (Wildman–Crippen LogP) is 2.21. The third kappa shape index (κ3) is 1.26. The number of carbonyl (C=O) groups is 1. The second-order valence-electron chi connectivity index (χ2n) is 2.93. The molecule has 72 valence electrons. The van der Waals surface area contributed by atoms with Crippen LogP contribution in [0, 0.1) is 0 Å². The van der Waals surface area contributed by atoms with Gasteiger partial charge in [0.15, 0.2) is 0 Å². The van der Waals surface area contributed by atoms with Gasteiger partial charge in [-0.1, -0.05) is 0 Å². The van der Waals surface area contributed by atoms with Crippen molar-refractivity contribution in [3.63, 3.8) is 0 Å². The molecule has 0 saturated heterocycles. The van der Waals surface area contributed by atoms with Gasteiger partial charge in [-0.15, -0.1) is 0 Å². The molecular weight excluding hydrogens is 248 g/mol. The van der Waals surface area contributed by atoms with Gasteiger partial charge in [-0.05, 0) is 28.1 Å². The van der Waals surface area contributed by atoms with Crippen LogP contribution in [0.4, 0.5) is 5.69 Å². The fourth-order valence-electron chi connectivity index (χ4n) is 1.42. The number of carboxylic acids is 1. The van der Waals surface area contributed by atoms with Crippen molar-refractivity contribution in [3.05, 3.63) is 28.4 Å². The Morgan fingerprint density at radius 2 is 2.21 bits per heavy atom. The number of nitrogens with two attached hydrogens (primary N) is 1. The van der Waals surface area contributed by atoms with E-state index in [1.54, 1.807) is 12.3 Å². The second kappa shape index (κ2) is 3.02. The molecule has 0 saturated carbocycles. The highest BCUT2D eigenvalue weighted by molar-refractivity contribution is 9.10. The Morgan fingerprint density at radius 3 is 2.86 bits per heavy atom. The van der Waals surface area contributed by atoms with E-state index in [0.29, 0.717) is 16.6 Å². The van der Waals surface area contributed by atoms with Crippen LogP contribution in [0.2, 0.25) is 0 Å². The van der Waals surface area contributed by atoms with Gasteiger partial charge in [-0.3, -0.25) is 0 Å². The minimum atomic E-state index is -0.984. The second-order valence-corrected chi connectivity index (χ2v) is 3.79. The number of hydrogen-bond acceptors (Lipinski definition) is 2. The maximum atomic E-state index is 10.9. The minimum Gasteiger partial charge on any atom is -0.478 e. The number of aromatic nitrogens is 1. The lowest BCUT2D eigenvalue weighted by molar-refractivity contribution is 0.0699. The zero-order valence-electron chi connectivity index (χ0n) is 7.04. The number of benzene rings is 1. The minimum absolute atomic E-state index is 0.202. The van der Waals surface area contributed by atoms with Crippen LogP contribution in [-0.2, 0) is 0 Å². The first kappa shape index (κ1) is 9.08. The molecule has 1 aromatic heterocycles. The van der Waals surface area contributed by atoms with Crippen LogP contribution < -0.4 is 5.73 Å². The molecule has 0 bridgehead atoms. The number of anilines is 1. The molecule has 14 heavy (non-hydrogen) atoms. The van der Waals surface area contributed by atoms with Gasteiger partial charge in [0, 0.05) is 27.3 Å². The molecule has 0 unspecified atom stereocenters. The summed E-state index contributed by atoms with van der Waals surface area (Å²) in [6.45, 7) is 0. The van der Waals surface area contributed by atoms with E-state index < -0.39 is 5.97 Å². The van der Waals surface area contributed by atoms with Crippen LogP contribution in [0.3, 0.4) is 0 Å². The molecule has 0 amide bonds. The van der Waals surface area contributed by atoms with Crippen molar-refractivity contribution in [2.75, 3.05) is 5.73 Å². The van der Waals surface area contributed by atoms with E-state index >= 15 is 0 Å². The van der Waals surface area contributed by atoms with E-state index in [2.05, 4.69) is 20.9 Å². The van der Waals surface area contributed by atoms with Gasteiger partial charge in [0.2, 0.25) is 0 Å². The summed E-state index contributed by atoms with van der Waals surface area (Å²) in [5, 5.41) is 9.60. The van der Waals surface area contributed by atoms with Crippen molar-refractivity contribution >= 4 is 38.5 Å². The number of H-pyrrole nitrogens is 1. The maximum absolute atomic E-state index is 10.9. The van der Waals surface area contributed by atoms with Gasteiger partial charge in [0.05, 0.1) is 5.56 Å². The van der Waals surface area contributed by atoms with Crippen LogP contribution in [0.25, 0.3) is 10.9 Å². The van der Waals surface area contributed by atoms with Crippen molar-refractivity contribution in [2.45, 2.75) is 0 Å². The number of carboxylic acid groups (broad SMARTS) is 1. The highest BCUT2D eigenvalue weighted by Gasteiger charge is 2.13. The normalized spacial score (nSPS) is 10.6. The molecule has 4 N–H and O–H groups in total. The van der Waals surface area contributed by atoms with E-state index in [9.17, 15) is 4.79 Å². The van der Waals surface area contributed by atoms with E-state index in [-0.39, 0.29) is 5.56 Å². The number of aromatic amines is 1. The molecule has 5 heteroatoms. The number of nitrogens with one attached hydrogen (secondary N) is 1. The molecule has 1 aromatic carbocycles. The number of aromatic carboxylic acids is 1. The van der Waals surface area contributed by atoms with Gasteiger partial charge in [-0.2, -0.15) is 0 Å². The first-order valence-electron chi connectivity index (χ1n) is 3.89. The van der Waals surface area contributed by atoms with Crippen molar-refractivity contribution < 1.29 is 9.90 Å². The third-order valence-electron chi connectivity index (χ3n) is 1.98. The zero-order valence-corrected chi connectivity index (χ0v) is 8.63. The van der Waals surface area contributed by atoms with Crippen LogP contribution in [0.15, 0.2) is 22.8 Å². The molecule has 0 spiro atoms. The SMILES string of the molecule is Nc1cc(C(=O)O)c2c(Br)c[nH]c2c1. The number of halogens is 1. The first-order valence-corrected chi connectivity index (χ1v) is 4.68. The summed E-state index contributed by atoms with van der Waals surface area (Å²) >= 11 is 3.28. The van der Waals surface area contributed by atoms with Crippen LogP contribution >= 0.6 is 15.9 Å². The van der Waals surface area contributed by atoms with E-state index in [0.717, 1.165) is 4.47 Å². The summed E-state index contributed by atoms with van der Waals surface area (Å²) in [4.78, 5) is 13.9. The topological polar surface area (TPSA) is 79.1 Å². The Bertz CT molecular complexity index is 519. The van der Waals surface area contributed by atoms with Gasteiger partial charge in [0.25, 0.3) is 0 Å². The largest absolute Gasteiger partial charge is 0.478 e. The third-order valence-corrected chi connectivity index (χ3v) is 2.61. The van der Waals surface area contributed by atoms with Crippen molar-refractivity contribution in [2.24, 2.45) is 0 Å². The average Bonchev–Trinajstić information content (AvgIpc) is 2.46. The number of rotatable bonds is 1. The molecule has 0 atom stereocenters. The van der Waals surface area contributed by atoms with Crippen LogP contribution in [-0.4, -0.2) is 16.1 Å². The van der Waals surface area contributed by atoms with Crippen molar-refractivity contribution in [1.82, 2.24) is 4.98 Å².